The number of sulfonamides is 1. The van der Waals surface area contributed by atoms with Gasteiger partial charge in [0.2, 0.25) is 10.0 Å². The molecule has 0 saturated carbocycles. The zero-order valence-corrected chi connectivity index (χ0v) is 13.8. The van der Waals surface area contributed by atoms with Crippen LogP contribution in [0.2, 0.25) is 0 Å². The second kappa shape index (κ2) is 5.96. The van der Waals surface area contributed by atoms with Crippen molar-refractivity contribution in [3.63, 3.8) is 0 Å². The van der Waals surface area contributed by atoms with Gasteiger partial charge in [0.15, 0.2) is 3.92 Å². The lowest BCUT2D eigenvalue weighted by atomic mass is 10.1. The fourth-order valence-corrected chi connectivity index (χ4v) is 4.23. The minimum absolute atomic E-state index is 0.318. The van der Waals surface area contributed by atoms with Crippen LogP contribution in [0.3, 0.4) is 0 Å². The highest BCUT2D eigenvalue weighted by atomic mass is 79.9. The Bertz CT molecular complexity index is 603. The molecule has 1 saturated heterocycles. The highest BCUT2D eigenvalue weighted by molar-refractivity contribution is 9.11. The lowest BCUT2D eigenvalue weighted by Gasteiger charge is -2.25. The molecule has 7 nitrogen and oxygen atoms in total. The average molecular weight is 384 g/mol. The Kier molecular flexibility index (Phi) is 4.67. The van der Waals surface area contributed by atoms with Gasteiger partial charge in [0.05, 0.1) is 18.0 Å². The zero-order valence-electron chi connectivity index (χ0n) is 10.6. The Morgan fingerprint density at radius 3 is 2.90 bits per heavy atom. The summed E-state index contributed by atoms with van der Waals surface area (Å²) in [6.45, 7) is 0.318. The molecule has 2 atom stereocenters. The van der Waals surface area contributed by atoms with Crippen LogP contribution in [0.4, 0.5) is 4.79 Å². The second-order valence-corrected chi connectivity index (χ2v) is 8.54. The summed E-state index contributed by atoms with van der Waals surface area (Å²) in [7, 11) is -3.37. The van der Waals surface area contributed by atoms with Crippen LogP contribution in [0.1, 0.15) is 12.1 Å². The summed E-state index contributed by atoms with van der Waals surface area (Å²) in [6, 6.07) is -0.849. The molecule has 2 rings (SSSR count). The van der Waals surface area contributed by atoms with Crippen molar-refractivity contribution >= 4 is 43.4 Å². The molecule has 0 aromatic carbocycles. The Morgan fingerprint density at radius 1 is 1.70 bits per heavy atom. The summed E-state index contributed by atoms with van der Waals surface area (Å²) in [6.07, 6.45) is 0.895. The van der Waals surface area contributed by atoms with Crippen molar-refractivity contribution < 1.29 is 18.3 Å². The van der Waals surface area contributed by atoms with Crippen LogP contribution in [-0.4, -0.2) is 54.4 Å². The van der Waals surface area contributed by atoms with Gasteiger partial charge >= 0.3 is 6.09 Å². The van der Waals surface area contributed by atoms with Crippen LogP contribution < -0.4 is 4.72 Å². The molecule has 2 N–H and O–H groups in total. The van der Waals surface area contributed by atoms with E-state index in [0.29, 0.717) is 19.4 Å². The van der Waals surface area contributed by atoms with Crippen LogP contribution >= 0.6 is 27.3 Å². The Hall–Kier alpha value is -0.710. The first-order valence-corrected chi connectivity index (χ1v) is 9.39. The van der Waals surface area contributed by atoms with Gasteiger partial charge in [-0.1, -0.05) is 0 Å². The third kappa shape index (κ3) is 3.90. The summed E-state index contributed by atoms with van der Waals surface area (Å²) in [5, 5.41) is 11.0. The van der Waals surface area contributed by atoms with E-state index < -0.39 is 28.2 Å². The van der Waals surface area contributed by atoms with Crippen molar-refractivity contribution in [3.8, 4) is 0 Å². The summed E-state index contributed by atoms with van der Waals surface area (Å²) < 4.78 is 26.0. The molecule has 1 aliphatic heterocycles. The standard InChI is InChI=1S/C10H14BrN3O4S2/c1-20(17,18)13-7-2-3-14(10(15)16)8(7)4-6-5-19-9(11)12-6/h5,7-8,13H,2-4H2,1H3,(H,15,16)/t7-,8-/m1/s1. The molecule has 1 aromatic rings. The van der Waals surface area contributed by atoms with Gasteiger partial charge in [-0.15, -0.1) is 11.3 Å². The number of thiazole rings is 1. The molecule has 112 valence electrons. The SMILES string of the molecule is CS(=O)(=O)N[C@@H]1CCN(C(=O)O)[C@@H]1Cc1csc(Br)n1. The summed E-state index contributed by atoms with van der Waals surface area (Å²) >= 11 is 4.67. The molecule has 20 heavy (non-hydrogen) atoms. The molecule has 0 radical (unpaired) electrons. The quantitative estimate of drug-likeness (QED) is 0.811. The number of nitrogens with zero attached hydrogens (tertiary/aromatic N) is 2. The number of halogens is 1. The molecule has 1 fully saturated rings. The van der Waals surface area contributed by atoms with Gasteiger partial charge in [-0.25, -0.2) is 22.9 Å². The number of amides is 1. The van der Waals surface area contributed by atoms with Gasteiger partial charge in [-0.3, -0.25) is 0 Å². The van der Waals surface area contributed by atoms with Crippen molar-refractivity contribution in [3.05, 3.63) is 15.0 Å². The van der Waals surface area contributed by atoms with E-state index in [1.165, 1.54) is 16.2 Å². The second-order valence-electron chi connectivity index (χ2n) is 4.62. The maximum Gasteiger partial charge on any atom is 0.407 e. The van der Waals surface area contributed by atoms with E-state index in [0.717, 1.165) is 15.9 Å². The van der Waals surface area contributed by atoms with Crippen molar-refractivity contribution in [2.45, 2.75) is 24.9 Å². The Labute approximate surface area is 129 Å². The van der Waals surface area contributed by atoms with Crippen molar-refractivity contribution in [2.24, 2.45) is 0 Å². The number of carboxylic acid groups (broad SMARTS) is 1. The number of hydrogen-bond donors (Lipinski definition) is 2. The van der Waals surface area contributed by atoms with Gasteiger partial charge in [-0.2, -0.15) is 0 Å². The predicted octanol–water partition coefficient (Wildman–Crippen LogP) is 1.12. The van der Waals surface area contributed by atoms with Crippen molar-refractivity contribution in [1.29, 1.82) is 0 Å². The first-order valence-electron chi connectivity index (χ1n) is 5.83. The molecule has 10 heteroatoms. The summed E-state index contributed by atoms with van der Waals surface area (Å²) in [4.78, 5) is 16.8. The third-order valence-electron chi connectivity index (χ3n) is 3.10. The highest BCUT2D eigenvalue weighted by Crippen LogP contribution is 2.24. The number of likely N-dealkylation sites (tertiary alicyclic amines) is 1. The first-order chi connectivity index (χ1) is 9.26. The third-order valence-corrected chi connectivity index (χ3v) is 5.24. The fraction of sp³-hybridized carbons (Fsp3) is 0.600. The van der Waals surface area contributed by atoms with Gasteiger partial charge in [0.25, 0.3) is 0 Å². The molecular weight excluding hydrogens is 370 g/mol. The van der Waals surface area contributed by atoms with Gasteiger partial charge in [0, 0.05) is 24.4 Å². The number of carbonyl (C=O) groups is 1. The van der Waals surface area contributed by atoms with Crippen LogP contribution in [-0.2, 0) is 16.4 Å². The highest BCUT2D eigenvalue weighted by Gasteiger charge is 2.38. The topological polar surface area (TPSA) is 99.6 Å². The molecule has 1 amide bonds. The molecule has 0 unspecified atom stereocenters. The molecule has 0 spiro atoms. The molecule has 1 aromatic heterocycles. The zero-order chi connectivity index (χ0) is 14.9. The molecule has 0 bridgehead atoms. The van der Waals surface area contributed by atoms with Gasteiger partial charge in [0.1, 0.15) is 0 Å². The minimum atomic E-state index is -3.37. The number of hydrogen-bond acceptors (Lipinski definition) is 5. The lowest BCUT2D eigenvalue weighted by Crippen LogP contribution is -2.47. The molecule has 1 aliphatic rings. The van der Waals surface area contributed by atoms with Crippen LogP contribution in [0.15, 0.2) is 9.30 Å². The maximum absolute atomic E-state index is 11.4. The number of nitrogens with one attached hydrogen (secondary N) is 1. The van der Waals surface area contributed by atoms with E-state index in [1.807, 2.05) is 5.38 Å². The van der Waals surface area contributed by atoms with E-state index in [4.69, 9.17) is 0 Å². The lowest BCUT2D eigenvalue weighted by molar-refractivity contribution is 0.137. The van der Waals surface area contributed by atoms with E-state index in [9.17, 15) is 18.3 Å². The molecular formula is C10H14BrN3O4S2. The van der Waals surface area contributed by atoms with Gasteiger partial charge in [-0.05, 0) is 22.4 Å². The van der Waals surface area contributed by atoms with Crippen LogP contribution in [0.25, 0.3) is 0 Å². The molecule has 0 aliphatic carbocycles. The van der Waals surface area contributed by atoms with Crippen molar-refractivity contribution in [1.82, 2.24) is 14.6 Å². The normalized spacial score (nSPS) is 23.2. The van der Waals surface area contributed by atoms with Gasteiger partial charge < -0.3 is 10.0 Å². The number of aromatic nitrogens is 1. The van der Waals surface area contributed by atoms with E-state index in [1.54, 1.807) is 0 Å². The molecule has 2 heterocycles. The summed E-state index contributed by atoms with van der Waals surface area (Å²) in [5.74, 6) is 0. The Morgan fingerprint density at radius 2 is 2.40 bits per heavy atom. The monoisotopic (exact) mass is 383 g/mol. The van der Waals surface area contributed by atoms with Crippen LogP contribution in [0.5, 0.6) is 0 Å². The van der Waals surface area contributed by atoms with E-state index >= 15 is 0 Å². The van der Waals surface area contributed by atoms with Crippen molar-refractivity contribution in [2.75, 3.05) is 12.8 Å². The van der Waals surface area contributed by atoms with E-state index in [-0.39, 0.29) is 0 Å². The summed E-state index contributed by atoms with van der Waals surface area (Å²) in [5.41, 5.74) is 0.750. The van der Waals surface area contributed by atoms with Crippen LogP contribution in [0, 0.1) is 0 Å². The largest absolute Gasteiger partial charge is 0.465 e. The van der Waals surface area contributed by atoms with E-state index in [2.05, 4.69) is 25.6 Å². The Balaban J connectivity index is 2.18. The first kappa shape index (κ1) is 15.7. The fourth-order valence-electron chi connectivity index (χ4n) is 2.35. The predicted molar refractivity (Wildman–Crippen MR) is 78.4 cm³/mol. The minimum Gasteiger partial charge on any atom is -0.465 e. The number of rotatable bonds is 4. The average Bonchev–Trinajstić information content (AvgIpc) is 2.85. The smallest absolute Gasteiger partial charge is 0.407 e. The maximum atomic E-state index is 11.4.